The van der Waals surface area contributed by atoms with E-state index in [2.05, 4.69) is 0 Å². The van der Waals surface area contributed by atoms with Gasteiger partial charge in [-0.3, -0.25) is 9.59 Å². The van der Waals surface area contributed by atoms with Crippen LogP contribution in [-0.2, 0) is 16.1 Å². The van der Waals surface area contributed by atoms with Crippen molar-refractivity contribution in [3.8, 4) is 11.5 Å². The molecule has 0 saturated carbocycles. The molecule has 0 spiro atoms. The molecular formula is C28H25Cl2NO5. The molecule has 8 heteroatoms. The smallest absolute Gasteiger partial charge is 0.295 e. The molecule has 186 valence electrons. The Morgan fingerprint density at radius 2 is 1.64 bits per heavy atom. The summed E-state index contributed by atoms with van der Waals surface area (Å²) in [7, 11) is 0. The van der Waals surface area contributed by atoms with Crippen molar-refractivity contribution in [2.45, 2.75) is 39.0 Å². The number of aliphatic hydroxyl groups excluding tert-OH is 1. The number of para-hydroxylation sites is 1. The lowest BCUT2D eigenvalue weighted by Crippen LogP contribution is -2.30. The van der Waals surface area contributed by atoms with Crippen molar-refractivity contribution in [3.63, 3.8) is 0 Å². The first-order valence-electron chi connectivity index (χ1n) is 11.3. The third-order valence-corrected chi connectivity index (χ3v) is 6.41. The van der Waals surface area contributed by atoms with E-state index in [1.54, 1.807) is 12.1 Å². The molecule has 1 aliphatic rings. The second-order valence-corrected chi connectivity index (χ2v) is 10.3. The van der Waals surface area contributed by atoms with Crippen LogP contribution in [0.3, 0.4) is 0 Å². The molecular weight excluding hydrogens is 501 g/mol. The molecule has 1 aliphatic heterocycles. The number of phenolic OH excluding ortho intramolecular Hbond substituents is 1. The first-order valence-corrected chi connectivity index (χ1v) is 12.0. The molecule has 0 bridgehead atoms. The number of halogens is 2. The average Bonchev–Trinajstić information content (AvgIpc) is 3.06. The van der Waals surface area contributed by atoms with Crippen LogP contribution in [0.2, 0.25) is 10.0 Å². The van der Waals surface area contributed by atoms with Gasteiger partial charge in [0.15, 0.2) is 0 Å². The summed E-state index contributed by atoms with van der Waals surface area (Å²) in [6.45, 7) is 5.82. The number of hydrogen-bond donors (Lipinski definition) is 2. The zero-order chi connectivity index (χ0) is 26.2. The maximum absolute atomic E-state index is 13.3. The van der Waals surface area contributed by atoms with E-state index in [9.17, 15) is 19.8 Å². The van der Waals surface area contributed by atoms with Gasteiger partial charge in [0.2, 0.25) is 0 Å². The second-order valence-electron chi connectivity index (χ2n) is 9.47. The fraction of sp³-hybridized carbons (Fsp3) is 0.214. The largest absolute Gasteiger partial charge is 0.508 e. The molecule has 3 aromatic rings. The lowest BCUT2D eigenvalue weighted by Gasteiger charge is -2.28. The van der Waals surface area contributed by atoms with Gasteiger partial charge in [-0.2, -0.15) is 0 Å². The Bertz CT molecular complexity index is 1360. The summed E-state index contributed by atoms with van der Waals surface area (Å²) in [5.41, 5.74) is 0.936. The number of rotatable bonds is 5. The Morgan fingerprint density at radius 1 is 0.972 bits per heavy atom. The summed E-state index contributed by atoms with van der Waals surface area (Å²) in [6.07, 6.45) is 0. The average molecular weight is 526 g/mol. The molecule has 1 unspecified atom stereocenters. The van der Waals surface area contributed by atoms with Crippen molar-refractivity contribution in [1.29, 1.82) is 0 Å². The maximum atomic E-state index is 13.3. The molecule has 6 nitrogen and oxygen atoms in total. The number of carbonyl (C=O) groups is 2. The van der Waals surface area contributed by atoms with Gasteiger partial charge in [0.1, 0.15) is 22.9 Å². The van der Waals surface area contributed by atoms with Gasteiger partial charge in [-0.05, 0) is 62.7 Å². The first-order chi connectivity index (χ1) is 17.0. The molecule has 3 aromatic carbocycles. The fourth-order valence-electron chi connectivity index (χ4n) is 4.09. The Hall–Kier alpha value is -3.48. The van der Waals surface area contributed by atoms with E-state index in [0.717, 1.165) is 0 Å². The van der Waals surface area contributed by atoms with Crippen LogP contribution in [0.1, 0.15) is 43.5 Å². The number of aliphatic hydroxyl groups is 1. The number of benzene rings is 3. The second kappa shape index (κ2) is 9.88. The maximum Gasteiger partial charge on any atom is 0.295 e. The zero-order valence-electron chi connectivity index (χ0n) is 20.0. The van der Waals surface area contributed by atoms with E-state index in [4.69, 9.17) is 27.9 Å². The molecule has 1 saturated heterocycles. The minimum atomic E-state index is -0.914. The molecule has 1 heterocycles. The number of aromatic hydroxyl groups is 1. The molecule has 0 aromatic heterocycles. The van der Waals surface area contributed by atoms with E-state index < -0.39 is 23.3 Å². The molecule has 0 aliphatic carbocycles. The Balaban J connectivity index is 1.85. The van der Waals surface area contributed by atoms with Crippen LogP contribution in [0.5, 0.6) is 11.5 Å². The third-order valence-electron chi connectivity index (χ3n) is 5.67. The molecule has 4 rings (SSSR count). The number of ketones is 1. The number of amides is 1. The van der Waals surface area contributed by atoms with Crippen molar-refractivity contribution < 1.29 is 24.5 Å². The zero-order valence-corrected chi connectivity index (χ0v) is 21.5. The highest BCUT2D eigenvalue weighted by Gasteiger charge is 2.46. The van der Waals surface area contributed by atoms with Gasteiger partial charge in [0, 0.05) is 11.1 Å². The molecule has 1 amide bonds. The molecule has 1 fully saturated rings. The summed E-state index contributed by atoms with van der Waals surface area (Å²) in [5, 5.41) is 21.5. The summed E-state index contributed by atoms with van der Waals surface area (Å²) in [5.74, 6) is -1.34. The van der Waals surface area contributed by atoms with Gasteiger partial charge in [-0.15, -0.1) is 0 Å². The van der Waals surface area contributed by atoms with Crippen LogP contribution in [0.25, 0.3) is 5.76 Å². The predicted octanol–water partition coefficient (Wildman–Crippen LogP) is 6.50. The lowest BCUT2D eigenvalue weighted by molar-refractivity contribution is -0.140. The first kappa shape index (κ1) is 25.6. The van der Waals surface area contributed by atoms with E-state index in [1.165, 1.54) is 35.2 Å². The molecule has 36 heavy (non-hydrogen) atoms. The monoisotopic (exact) mass is 525 g/mol. The summed E-state index contributed by atoms with van der Waals surface area (Å²) >= 11 is 12.2. The van der Waals surface area contributed by atoms with Crippen LogP contribution >= 0.6 is 23.2 Å². The number of Topliss-reactive ketones (excluding diaryl/α,β-unsaturated/α-hetero) is 1. The van der Waals surface area contributed by atoms with E-state index >= 15 is 0 Å². The van der Waals surface area contributed by atoms with Gasteiger partial charge < -0.3 is 19.8 Å². The third kappa shape index (κ3) is 5.20. The highest BCUT2D eigenvalue weighted by atomic mass is 35.5. The summed E-state index contributed by atoms with van der Waals surface area (Å²) < 4.78 is 6.09. The van der Waals surface area contributed by atoms with Crippen LogP contribution in [0.15, 0.2) is 72.3 Å². The Morgan fingerprint density at radius 3 is 2.28 bits per heavy atom. The SMILES string of the molecule is CC(C)(C)Oc1ccccc1CN1C(=O)C(=O)/C(=C(\O)c2ccc(Cl)c(Cl)c2)C1c1ccc(O)cc1. The van der Waals surface area contributed by atoms with Gasteiger partial charge in [0.05, 0.1) is 28.2 Å². The van der Waals surface area contributed by atoms with Gasteiger partial charge in [0.25, 0.3) is 11.7 Å². The van der Waals surface area contributed by atoms with Crippen molar-refractivity contribution in [2.75, 3.05) is 0 Å². The lowest BCUT2D eigenvalue weighted by atomic mass is 9.95. The number of carbonyl (C=O) groups excluding carboxylic acids is 2. The van der Waals surface area contributed by atoms with Gasteiger partial charge in [-0.1, -0.05) is 53.5 Å². The number of hydrogen-bond acceptors (Lipinski definition) is 5. The quantitative estimate of drug-likeness (QED) is 0.225. The van der Waals surface area contributed by atoms with Crippen LogP contribution in [-0.4, -0.2) is 32.4 Å². The highest BCUT2D eigenvalue weighted by Crippen LogP contribution is 2.42. The van der Waals surface area contributed by atoms with Crippen LogP contribution in [0, 0.1) is 0 Å². The van der Waals surface area contributed by atoms with Crippen LogP contribution < -0.4 is 4.74 Å². The molecule has 1 atom stereocenters. The number of ether oxygens (including phenoxy) is 1. The summed E-state index contributed by atoms with van der Waals surface area (Å²) in [4.78, 5) is 28.0. The normalized spacial score (nSPS) is 17.5. The van der Waals surface area contributed by atoms with E-state index in [0.29, 0.717) is 21.9 Å². The fourth-order valence-corrected chi connectivity index (χ4v) is 4.39. The van der Waals surface area contributed by atoms with Crippen LogP contribution in [0.4, 0.5) is 0 Å². The highest BCUT2D eigenvalue weighted by molar-refractivity contribution is 6.46. The van der Waals surface area contributed by atoms with E-state index in [1.807, 2.05) is 45.0 Å². The number of phenols is 1. The molecule has 0 radical (unpaired) electrons. The minimum Gasteiger partial charge on any atom is -0.508 e. The summed E-state index contributed by atoms with van der Waals surface area (Å²) in [6, 6.07) is 17.0. The van der Waals surface area contributed by atoms with Crippen molar-refractivity contribution in [1.82, 2.24) is 4.90 Å². The van der Waals surface area contributed by atoms with Gasteiger partial charge >= 0.3 is 0 Å². The standard InChI is InChI=1S/C28H25Cl2NO5/c1-28(2,3)36-22-7-5-4-6-18(22)15-31-24(16-8-11-19(32)12-9-16)23(26(34)27(31)35)25(33)17-10-13-20(29)21(30)14-17/h4-14,24,32-33H,15H2,1-3H3/b25-23-. The van der Waals surface area contributed by atoms with Crippen molar-refractivity contribution >= 4 is 40.7 Å². The molecule has 2 N–H and O–H groups in total. The minimum absolute atomic E-state index is 0.0316. The topological polar surface area (TPSA) is 87.1 Å². The van der Waals surface area contributed by atoms with Crippen molar-refractivity contribution in [3.05, 3.63) is 99.0 Å². The van der Waals surface area contributed by atoms with E-state index in [-0.39, 0.29) is 34.2 Å². The number of nitrogens with zero attached hydrogens (tertiary/aromatic N) is 1. The van der Waals surface area contributed by atoms with Crippen molar-refractivity contribution in [2.24, 2.45) is 0 Å². The predicted molar refractivity (Wildman–Crippen MR) is 139 cm³/mol. The number of likely N-dealkylation sites (tertiary alicyclic amines) is 1. The Kier molecular flexibility index (Phi) is 7.03. The Labute approximate surface area is 219 Å². The van der Waals surface area contributed by atoms with Gasteiger partial charge in [-0.25, -0.2) is 0 Å².